The van der Waals surface area contributed by atoms with E-state index < -0.39 is 23.9 Å². The quantitative estimate of drug-likeness (QED) is 0.414. The summed E-state index contributed by atoms with van der Waals surface area (Å²) in [6.45, 7) is 0.492. The zero-order chi connectivity index (χ0) is 14.6. The van der Waals surface area contributed by atoms with Crippen LogP contribution in [0.4, 0.5) is 0 Å². The van der Waals surface area contributed by atoms with Gasteiger partial charge in [0.25, 0.3) is 0 Å². The molecule has 19 heavy (non-hydrogen) atoms. The molecule has 0 aliphatic heterocycles. The number of carboxylic acid groups (broad SMARTS) is 1. The van der Waals surface area contributed by atoms with Crippen LogP contribution in [0.5, 0.6) is 11.5 Å². The minimum Gasteiger partial charge on any atom is -0.504 e. The summed E-state index contributed by atoms with van der Waals surface area (Å²) in [5.74, 6) is -2.08. The summed E-state index contributed by atoms with van der Waals surface area (Å²) in [4.78, 5) is 22.4. The van der Waals surface area contributed by atoms with Gasteiger partial charge in [0.2, 0.25) is 0 Å². The average molecular weight is 266 g/mol. The van der Waals surface area contributed by atoms with Crippen molar-refractivity contribution in [2.45, 2.75) is 6.92 Å². The van der Waals surface area contributed by atoms with Gasteiger partial charge >= 0.3 is 5.97 Å². The molecule has 3 N–H and O–H groups in total. The van der Waals surface area contributed by atoms with Crippen LogP contribution >= 0.6 is 0 Å². The molecule has 0 spiro atoms. The second-order valence-electron chi connectivity index (χ2n) is 3.76. The highest BCUT2D eigenvalue weighted by Gasteiger charge is 2.20. The Bertz CT molecular complexity index is 528. The average Bonchev–Trinajstić information content (AvgIpc) is 2.35. The maximum absolute atomic E-state index is 11.4. The molecule has 0 amide bonds. The predicted octanol–water partition coefficient (Wildman–Crippen LogP) is 0.820. The molecule has 0 heterocycles. The molecule has 0 aliphatic carbocycles. The lowest BCUT2D eigenvalue weighted by molar-refractivity contribution is -0.134. The molecule has 0 bridgehead atoms. The topological polar surface area (TPSA) is 104 Å². The lowest BCUT2D eigenvalue weighted by Crippen LogP contribution is -2.13. The van der Waals surface area contributed by atoms with E-state index in [0.717, 1.165) is 6.92 Å². The van der Waals surface area contributed by atoms with E-state index in [1.165, 1.54) is 25.3 Å². The van der Waals surface area contributed by atoms with Gasteiger partial charge in [0, 0.05) is 5.57 Å². The molecule has 0 saturated heterocycles. The Labute approximate surface area is 109 Å². The van der Waals surface area contributed by atoms with Crippen LogP contribution < -0.4 is 4.74 Å². The largest absolute Gasteiger partial charge is 0.504 e. The number of hydrogen-bond donors (Lipinski definition) is 3. The fraction of sp³-hybridized carbons (Fsp3) is 0.231. The Morgan fingerprint density at radius 2 is 1.95 bits per heavy atom. The smallest absolute Gasteiger partial charge is 0.339 e. The predicted molar refractivity (Wildman–Crippen MR) is 67.0 cm³/mol. The van der Waals surface area contributed by atoms with E-state index in [9.17, 15) is 19.8 Å². The maximum atomic E-state index is 11.4. The van der Waals surface area contributed by atoms with Gasteiger partial charge in [-0.15, -0.1) is 0 Å². The number of phenolic OH excluding ortho intramolecular Hbond substituents is 1. The van der Waals surface area contributed by atoms with E-state index in [4.69, 9.17) is 9.84 Å². The fourth-order valence-corrected chi connectivity index (χ4v) is 1.67. The van der Waals surface area contributed by atoms with Gasteiger partial charge in [-0.3, -0.25) is 4.79 Å². The molecule has 0 aromatic heterocycles. The zero-order valence-electron chi connectivity index (χ0n) is 10.5. The molecule has 6 heteroatoms. The Morgan fingerprint density at radius 1 is 1.32 bits per heavy atom. The number of carboxylic acids is 1. The van der Waals surface area contributed by atoms with Gasteiger partial charge < -0.3 is 20.1 Å². The molecule has 0 aliphatic rings. The highest BCUT2D eigenvalue weighted by atomic mass is 16.5. The number of Topliss-reactive ketones (excluding diaryl/α,β-unsaturated/α-hetero) is 1. The molecule has 1 aromatic rings. The number of carbonyl (C=O) groups is 2. The van der Waals surface area contributed by atoms with E-state index in [0.29, 0.717) is 5.56 Å². The molecular formula is C13H14O6. The number of ether oxygens (including phenoxy) is 1. The molecule has 1 rings (SSSR count). The van der Waals surface area contributed by atoms with Crippen molar-refractivity contribution < 1.29 is 29.6 Å². The van der Waals surface area contributed by atoms with Crippen LogP contribution in [0.2, 0.25) is 0 Å². The van der Waals surface area contributed by atoms with E-state index in [2.05, 4.69) is 0 Å². The molecule has 1 aromatic carbocycles. The molecular weight excluding hydrogens is 252 g/mol. The molecule has 0 atom stereocenters. The third kappa shape index (κ3) is 3.11. The van der Waals surface area contributed by atoms with Crippen LogP contribution in [0.15, 0.2) is 23.8 Å². The number of benzene rings is 1. The van der Waals surface area contributed by atoms with E-state index in [-0.39, 0.29) is 17.1 Å². The maximum Gasteiger partial charge on any atom is 0.339 e. The Balaban J connectivity index is 3.49. The Hall–Kier alpha value is -2.34. The van der Waals surface area contributed by atoms with Crippen molar-refractivity contribution in [2.75, 3.05) is 13.7 Å². The van der Waals surface area contributed by atoms with Gasteiger partial charge in [0.1, 0.15) is 5.57 Å². The van der Waals surface area contributed by atoms with Crippen molar-refractivity contribution in [1.29, 1.82) is 0 Å². The summed E-state index contributed by atoms with van der Waals surface area (Å²) in [5.41, 5.74) is -0.224. The summed E-state index contributed by atoms with van der Waals surface area (Å²) in [7, 11) is 1.34. The minimum atomic E-state index is -1.41. The number of ketones is 1. The Morgan fingerprint density at radius 3 is 2.37 bits per heavy atom. The van der Waals surface area contributed by atoms with Gasteiger partial charge in [-0.25, -0.2) is 4.79 Å². The van der Waals surface area contributed by atoms with Crippen LogP contribution in [0.25, 0.3) is 5.57 Å². The summed E-state index contributed by atoms with van der Waals surface area (Å²) >= 11 is 0. The van der Waals surface area contributed by atoms with Crippen molar-refractivity contribution in [3.8, 4) is 11.5 Å². The standard InChI is InChI=1S/C13H14O6/c1-7(15)12(13(17)18)9(6-14)8-3-4-10(16)11(5-8)19-2/h3-5,14,16H,6H2,1-2H3,(H,17,18). The van der Waals surface area contributed by atoms with Gasteiger partial charge in [0.05, 0.1) is 13.7 Å². The van der Waals surface area contributed by atoms with Crippen molar-refractivity contribution in [2.24, 2.45) is 0 Å². The first kappa shape index (κ1) is 14.7. The van der Waals surface area contributed by atoms with Gasteiger partial charge in [-0.05, 0) is 24.6 Å². The van der Waals surface area contributed by atoms with E-state index in [1.54, 1.807) is 0 Å². The minimum absolute atomic E-state index is 0.0294. The number of methoxy groups -OCH3 is 1. The molecule has 0 radical (unpaired) electrons. The fourth-order valence-electron chi connectivity index (χ4n) is 1.67. The van der Waals surface area contributed by atoms with Crippen LogP contribution in [0.3, 0.4) is 0 Å². The molecule has 0 saturated carbocycles. The number of aromatic hydroxyl groups is 1. The monoisotopic (exact) mass is 266 g/mol. The first-order valence-corrected chi connectivity index (χ1v) is 5.38. The third-order valence-electron chi connectivity index (χ3n) is 2.55. The number of aliphatic hydroxyl groups is 1. The second-order valence-corrected chi connectivity index (χ2v) is 3.76. The van der Waals surface area contributed by atoms with Crippen molar-refractivity contribution >= 4 is 17.3 Å². The summed E-state index contributed by atoms with van der Waals surface area (Å²) in [6.07, 6.45) is 0. The summed E-state index contributed by atoms with van der Waals surface area (Å²) in [6, 6.07) is 4.05. The number of hydrogen-bond acceptors (Lipinski definition) is 5. The first-order chi connectivity index (χ1) is 8.92. The SMILES string of the molecule is COc1cc(C(CO)=C(C(C)=O)C(=O)O)ccc1O. The normalized spacial score (nSPS) is 11.7. The molecule has 0 unspecified atom stereocenters. The highest BCUT2D eigenvalue weighted by Crippen LogP contribution is 2.30. The number of rotatable bonds is 5. The van der Waals surface area contributed by atoms with E-state index >= 15 is 0 Å². The lowest BCUT2D eigenvalue weighted by atomic mass is 9.98. The summed E-state index contributed by atoms with van der Waals surface area (Å²) in [5, 5.41) is 27.8. The van der Waals surface area contributed by atoms with Gasteiger partial charge in [-0.1, -0.05) is 6.07 Å². The number of aliphatic hydroxyl groups excluding tert-OH is 1. The van der Waals surface area contributed by atoms with Crippen LogP contribution in [0.1, 0.15) is 12.5 Å². The lowest BCUT2D eigenvalue weighted by Gasteiger charge is -2.11. The van der Waals surface area contributed by atoms with Crippen molar-refractivity contribution in [3.05, 3.63) is 29.3 Å². The Kier molecular flexibility index (Phi) is 4.66. The van der Waals surface area contributed by atoms with Crippen molar-refractivity contribution in [1.82, 2.24) is 0 Å². The van der Waals surface area contributed by atoms with Crippen LogP contribution in [-0.2, 0) is 9.59 Å². The zero-order valence-corrected chi connectivity index (χ0v) is 10.5. The second kappa shape index (κ2) is 6.01. The molecule has 0 fully saturated rings. The van der Waals surface area contributed by atoms with Gasteiger partial charge in [-0.2, -0.15) is 0 Å². The van der Waals surface area contributed by atoms with Gasteiger partial charge in [0.15, 0.2) is 17.3 Å². The third-order valence-corrected chi connectivity index (χ3v) is 2.55. The van der Waals surface area contributed by atoms with Crippen molar-refractivity contribution in [3.63, 3.8) is 0 Å². The van der Waals surface area contributed by atoms with Crippen LogP contribution in [-0.4, -0.2) is 40.8 Å². The van der Waals surface area contributed by atoms with Crippen LogP contribution in [0, 0.1) is 0 Å². The van der Waals surface area contributed by atoms with E-state index in [1.807, 2.05) is 0 Å². The first-order valence-electron chi connectivity index (χ1n) is 5.38. The number of carbonyl (C=O) groups excluding carboxylic acids is 1. The molecule has 102 valence electrons. The number of phenols is 1. The molecule has 6 nitrogen and oxygen atoms in total. The summed E-state index contributed by atoms with van der Waals surface area (Å²) < 4.78 is 4.89. The highest BCUT2D eigenvalue weighted by molar-refractivity contribution is 6.21. The number of aliphatic carboxylic acids is 1.